The fourth-order valence-corrected chi connectivity index (χ4v) is 5.71. The van der Waals surface area contributed by atoms with Gasteiger partial charge >= 0.3 is 0 Å². The van der Waals surface area contributed by atoms with Gasteiger partial charge < -0.3 is 20.5 Å². The molecule has 7 nitrogen and oxygen atoms in total. The number of benzene rings is 2. The molecule has 2 aromatic carbocycles. The standard InChI is InChI=1S/C25H25ClN4O3/c26-17-6-7-22-20(8-17)21(31)9-19(33-22)11-27-24-13-25(14-24,15-24)29-23(32)16-10-28-30(12-16)18-4-2-1-3-5-18/h1-8,10,12,19,21,27,31H,9,11,13-15H2,(H,29,32)/t19-,21-,24?,25?/m1/s1. The SMILES string of the molecule is O=C(NC12CC(NC[C@H]3C[C@@H](O)c4cc(Cl)ccc4O3)(C1)C2)c1cnn(-c2ccccc2)c1. The van der Waals surface area contributed by atoms with Gasteiger partial charge in [0, 0.05) is 40.8 Å². The summed E-state index contributed by atoms with van der Waals surface area (Å²) in [7, 11) is 0. The number of aliphatic hydroxyl groups excluding tert-OH is 1. The molecule has 1 aliphatic heterocycles. The molecule has 0 saturated heterocycles. The number of rotatable bonds is 6. The number of carbonyl (C=O) groups is 1. The minimum absolute atomic E-state index is 0.0517. The molecule has 33 heavy (non-hydrogen) atoms. The van der Waals surface area contributed by atoms with Crippen molar-refractivity contribution in [1.29, 1.82) is 0 Å². The van der Waals surface area contributed by atoms with E-state index >= 15 is 0 Å². The average molecular weight is 465 g/mol. The molecule has 1 amide bonds. The van der Waals surface area contributed by atoms with E-state index in [0.29, 0.717) is 29.3 Å². The molecule has 2 heterocycles. The van der Waals surface area contributed by atoms with E-state index < -0.39 is 6.10 Å². The molecule has 3 aliphatic carbocycles. The second-order valence-electron chi connectivity index (χ2n) is 9.61. The molecule has 2 atom stereocenters. The Morgan fingerprint density at radius 2 is 1.97 bits per heavy atom. The molecule has 0 spiro atoms. The van der Waals surface area contributed by atoms with Crippen molar-refractivity contribution in [2.24, 2.45) is 0 Å². The smallest absolute Gasteiger partial charge is 0.254 e. The number of ether oxygens (including phenoxy) is 1. The van der Waals surface area contributed by atoms with Gasteiger partial charge in [0.05, 0.1) is 23.6 Å². The summed E-state index contributed by atoms with van der Waals surface area (Å²) < 4.78 is 7.78. The summed E-state index contributed by atoms with van der Waals surface area (Å²) in [5.74, 6) is 0.613. The predicted molar refractivity (Wildman–Crippen MR) is 124 cm³/mol. The first-order chi connectivity index (χ1) is 15.9. The molecular formula is C25H25ClN4O3. The van der Waals surface area contributed by atoms with Crippen molar-refractivity contribution < 1.29 is 14.6 Å². The highest BCUT2D eigenvalue weighted by atomic mass is 35.5. The Kier molecular flexibility index (Phi) is 4.76. The zero-order chi connectivity index (χ0) is 22.6. The molecular weight excluding hydrogens is 440 g/mol. The van der Waals surface area contributed by atoms with Crippen molar-refractivity contribution in [1.82, 2.24) is 20.4 Å². The number of aromatic nitrogens is 2. The van der Waals surface area contributed by atoms with Crippen molar-refractivity contribution in [2.75, 3.05) is 6.54 Å². The number of fused-ring (bicyclic) bond motifs is 1. The molecule has 3 fully saturated rings. The lowest BCUT2D eigenvalue weighted by Crippen LogP contribution is -2.83. The molecule has 0 unspecified atom stereocenters. The van der Waals surface area contributed by atoms with Crippen molar-refractivity contribution >= 4 is 17.5 Å². The highest BCUT2D eigenvalue weighted by Crippen LogP contribution is 2.60. The van der Waals surface area contributed by atoms with Crippen molar-refractivity contribution in [2.45, 2.75) is 49.0 Å². The summed E-state index contributed by atoms with van der Waals surface area (Å²) in [6.07, 6.45) is 5.94. The second kappa shape index (κ2) is 7.58. The fraction of sp³-hybridized carbons (Fsp3) is 0.360. The zero-order valence-corrected chi connectivity index (χ0v) is 18.8. The summed E-state index contributed by atoms with van der Waals surface area (Å²) >= 11 is 6.03. The van der Waals surface area contributed by atoms with Gasteiger partial charge in [0.2, 0.25) is 0 Å². The Bertz CT molecular complexity index is 1190. The maximum absolute atomic E-state index is 12.8. The minimum Gasteiger partial charge on any atom is -0.489 e. The van der Waals surface area contributed by atoms with E-state index in [-0.39, 0.29) is 23.1 Å². The second-order valence-corrected chi connectivity index (χ2v) is 10.0. The maximum Gasteiger partial charge on any atom is 0.254 e. The summed E-state index contributed by atoms with van der Waals surface area (Å²) in [4.78, 5) is 12.8. The number of halogens is 1. The molecule has 0 radical (unpaired) electrons. The Balaban J connectivity index is 1.01. The molecule has 1 aromatic heterocycles. The maximum atomic E-state index is 12.8. The molecule has 3 N–H and O–H groups in total. The van der Waals surface area contributed by atoms with E-state index in [4.69, 9.17) is 16.3 Å². The number of hydrogen-bond donors (Lipinski definition) is 3. The van der Waals surface area contributed by atoms with Crippen LogP contribution in [0.2, 0.25) is 5.02 Å². The van der Waals surface area contributed by atoms with Gasteiger partial charge in [-0.2, -0.15) is 5.10 Å². The molecule has 4 aliphatic rings. The molecule has 2 bridgehead atoms. The van der Waals surface area contributed by atoms with Gasteiger partial charge in [0.25, 0.3) is 5.91 Å². The van der Waals surface area contributed by atoms with Crippen LogP contribution in [0.4, 0.5) is 0 Å². The van der Waals surface area contributed by atoms with E-state index in [2.05, 4.69) is 15.7 Å². The first-order valence-corrected chi connectivity index (χ1v) is 11.6. The first kappa shape index (κ1) is 20.7. The van der Waals surface area contributed by atoms with Gasteiger partial charge in [-0.1, -0.05) is 29.8 Å². The number of aliphatic hydroxyl groups is 1. The zero-order valence-electron chi connectivity index (χ0n) is 18.0. The first-order valence-electron chi connectivity index (χ1n) is 11.2. The van der Waals surface area contributed by atoms with Crippen LogP contribution < -0.4 is 15.4 Å². The fourth-order valence-electron chi connectivity index (χ4n) is 5.53. The van der Waals surface area contributed by atoms with Gasteiger partial charge in [0.15, 0.2) is 0 Å². The lowest BCUT2D eigenvalue weighted by Gasteiger charge is -2.71. The van der Waals surface area contributed by atoms with Crippen LogP contribution in [-0.4, -0.2) is 44.5 Å². The van der Waals surface area contributed by atoms with Crippen LogP contribution in [0.15, 0.2) is 60.9 Å². The van der Waals surface area contributed by atoms with E-state index in [0.717, 1.165) is 30.5 Å². The van der Waals surface area contributed by atoms with Crippen molar-refractivity contribution in [3.63, 3.8) is 0 Å². The van der Waals surface area contributed by atoms with E-state index in [9.17, 15) is 9.90 Å². The van der Waals surface area contributed by atoms with Gasteiger partial charge in [-0.15, -0.1) is 0 Å². The normalized spacial score (nSPS) is 29.3. The van der Waals surface area contributed by atoms with E-state index in [1.54, 1.807) is 29.2 Å². The minimum atomic E-state index is -0.574. The van der Waals surface area contributed by atoms with Crippen LogP contribution >= 0.6 is 11.6 Å². The number of hydrogen-bond acceptors (Lipinski definition) is 5. The third kappa shape index (κ3) is 3.70. The van der Waals surface area contributed by atoms with E-state index in [1.807, 2.05) is 36.4 Å². The lowest BCUT2D eigenvalue weighted by atomic mass is 9.44. The van der Waals surface area contributed by atoms with Gasteiger partial charge in [-0.05, 0) is 49.6 Å². The highest BCUT2D eigenvalue weighted by Gasteiger charge is 2.68. The monoisotopic (exact) mass is 464 g/mol. The lowest BCUT2D eigenvalue weighted by molar-refractivity contribution is -0.102. The molecule has 8 heteroatoms. The number of nitrogens with zero attached hydrogens (tertiary/aromatic N) is 2. The molecule has 7 rings (SSSR count). The highest BCUT2D eigenvalue weighted by molar-refractivity contribution is 6.30. The van der Waals surface area contributed by atoms with Crippen LogP contribution in [0, 0.1) is 0 Å². The summed E-state index contributed by atoms with van der Waals surface area (Å²) in [5.41, 5.74) is 2.16. The third-order valence-electron chi connectivity index (χ3n) is 7.09. The number of amides is 1. The van der Waals surface area contributed by atoms with Crippen LogP contribution in [0.25, 0.3) is 5.69 Å². The van der Waals surface area contributed by atoms with Crippen LogP contribution in [-0.2, 0) is 0 Å². The van der Waals surface area contributed by atoms with Gasteiger partial charge in [-0.3, -0.25) is 4.79 Å². The number of carbonyl (C=O) groups excluding carboxylic acids is 1. The van der Waals surface area contributed by atoms with Crippen molar-refractivity contribution in [3.8, 4) is 11.4 Å². The van der Waals surface area contributed by atoms with Crippen LogP contribution in [0.5, 0.6) is 5.75 Å². The molecule has 170 valence electrons. The van der Waals surface area contributed by atoms with E-state index in [1.165, 1.54) is 0 Å². The largest absolute Gasteiger partial charge is 0.489 e. The third-order valence-corrected chi connectivity index (χ3v) is 7.32. The Morgan fingerprint density at radius 3 is 2.76 bits per heavy atom. The van der Waals surface area contributed by atoms with Crippen LogP contribution in [0.3, 0.4) is 0 Å². The number of para-hydroxylation sites is 1. The van der Waals surface area contributed by atoms with Crippen LogP contribution in [0.1, 0.15) is 47.7 Å². The molecule has 3 aromatic rings. The van der Waals surface area contributed by atoms with Crippen molar-refractivity contribution in [3.05, 3.63) is 77.1 Å². The summed E-state index contributed by atoms with van der Waals surface area (Å²) in [5, 5.41) is 22.2. The topological polar surface area (TPSA) is 88.4 Å². The Morgan fingerprint density at radius 1 is 1.18 bits per heavy atom. The number of nitrogens with one attached hydrogen (secondary N) is 2. The molecule has 3 saturated carbocycles. The summed E-state index contributed by atoms with van der Waals surface area (Å²) in [6.45, 7) is 0.660. The van der Waals surface area contributed by atoms with Gasteiger partial charge in [0.1, 0.15) is 11.9 Å². The predicted octanol–water partition coefficient (Wildman–Crippen LogP) is 3.40. The average Bonchev–Trinajstić information content (AvgIpc) is 3.26. The quantitative estimate of drug-likeness (QED) is 0.520. The summed E-state index contributed by atoms with van der Waals surface area (Å²) in [6, 6.07) is 15.1. The van der Waals surface area contributed by atoms with Gasteiger partial charge in [-0.25, -0.2) is 4.68 Å². The Labute approximate surface area is 196 Å². The Hall–Kier alpha value is -2.87.